The molecule has 0 spiro atoms. The molecule has 0 radical (unpaired) electrons. The van der Waals surface area contributed by atoms with Gasteiger partial charge in [-0.3, -0.25) is 13.9 Å². The third-order valence-corrected chi connectivity index (χ3v) is 8.68. The van der Waals surface area contributed by atoms with E-state index in [-0.39, 0.29) is 24.9 Å². The van der Waals surface area contributed by atoms with Gasteiger partial charge in [0.25, 0.3) is 0 Å². The summed E-state index contributed by atoms with van der Waals surface area (Å²) in [6.07, 6.45) is 1.95. The van der Waals surface area contributed by atoms with Crippen LogP contribution in [0.1, 0.15) is 37.0 Å². The molecule has 2 amide bonds. The number of carbonyl (C=O) groups is 2. The Balaban J connectivity index is 2.06. The average molecular weight is 633 g/mol. The van der Waals surface area contributed by atoms with E-state index in [1.807, 2.05) is 51.1 Å². The summed E-state index contributed by atoms with van der Waals surface area (Å²) >= 11 is 3.42. The lowest BCUT2D eigenvalue weighted by Gasteiger charge is -2.34. The second kappa shape index (κ2) is 13.9. The Bertz CT molecular complexity index is 1420. The number of carbonyl (C=O) groups excluding carboxylic acids is 2. The van der Waals surface area contributed by atoms with Gasteiger partial charge >= 0.3 is 0 Å². The van der Waals surface area contributed by atoms with E-state index >= 15 is 0 Å². The third kappa shape index (κ3) is 8.63. The zero-order valence-corrected chi connectivity index (χ0v) is 25.5. The van der Waals surface area contributed by atoms with Gasteiger partial charge in [-0.25, -0.2) is 12.8 Å². The van der Waals surface area contributed by atoms with Crippen molar-refractivity contribution in [1.82, 2.24) is 10.2 Å². The van der Waals surface area contributed by atoms with Crippen molar-refractivity contribution in [1.29, 1.82) is 0 Å². The molecule has 0 fully saturated rings. The summed E-state index contributed by atoms with van der Waals surface area (Å²) < 4.78 is 41.3. The third-order valence-electron chi connectivity index (χ3n) is 6.65. The van der Waals surface area contributed by atoms with Crippen LogP contribution in [0.5, 0.6) is 0 Å². The van der Waals surface area contributed by atoms with Crippen LogP contribution in [0.25, 0.3) is 0 Å². The number of nitrogens with one attached hydrogen (secondary N) is 1. The van der Waals surface area contributed by atoms with Crippen molar-refractivity contribution in [2.24, 2.45) is 0 Å². The minimum absolute atomic E-state index is 0.0124. The van der Waals surface area contributed by atoms with E-state index in [9.17, 15) is 22.4 Å². The fourth-order valence-electron chi connectivity index (χ4n) is 4.18. The van der Waals surface area contributed by atoms with Crippen LogP contribution >= 0.6 is 15.9 Å². The number of amides is 2. The molecule has 0 aliphatic carbocycles. The van der Waals surface area contributed by atoms with Crippen molar-refractivity contribution in [2.75, 3.05) is 17.1 Å². The summed E-state index contributed by atoms with van der Waals surface area (Å²) in [7, 11) is -3.86. The van der Waals surface area contributed by atoms with Gasteiger partial charge in [-0.2, -0.15) is 0 Å². The van der Waals surface area contributed by atoms with Gasteiger partial charge in [-0.1, -0.05) is 65.3 Å². The standard InChI is InChI=1S/C30H35BrFN3O4S/c1-5-22(3)33-30(37)28(18-23-9-7-6-8-10-23)34(19-24-11-13-25(32)14-12-24)29(36)20-35(40(4,38)39)26-15-16-27(31)21(2)17-26/h6-17,22,28H,5,18-20H2,1-4H3,(H,33,37)/t22-,28+/m1/s1. The van der Waals surface area contributed by atoms with Gasteiger partial charge in [0.05, 0.1) is 11.9 Å². The van der Waals surface area contributed by atoms with Gasteiger partial charge in [0.1, 0.15) is 18.4 Å². The van der Waals surface area contributed by atoms with Crippen LogP contribution in [-0.4, -0.2) is 50.0 Å². The minimum atomic E-state index is -3.86. The highest BCUT2D eigenvalue weighted by Crippen LogP contribution is 2.25. The number of nitrogens with zero attached hydrogens (tertiary/aromatic N) is 2. The number of rotatable bonds is 12. The van der Waals surface area contributed by atoms with E-state index in [0.29, 0.717) is 17.7 Å². The predicted molar refractivity (Wildman–Crippen MR) is 160 cm³/mol. The normalized spacial score (nSPS) is 12.8. The molecule has 0 aliphatic heterocycles. The topological polar surface area (TPSA) is 86.8 Å². The van der Waals surface area contributed by atoms with E-state index < -0.39 is 34.3 Å². The van der Waals surface area contributed by atoms with Crippen molar-refractivity contribution in [3.8, 4) is 0 Å². The van der Waals surface area contributed by atoms with Crippen LogP contribution in [-0.2, 0) is 32.6 Å². The number of halogens is 2. The number of benzene rings is 3. The lowest BCUT2D eigenvalue weighted by atomic mass is 10.0. The monoisotopic (exact) mass is 631 g/mol. The van der Waals surface area contributed by atoms with Crippen LogP contribution in [0.2, 0.25) is 0 Å². The van der Waals surface area contributed by atoms with Gasteiger partial charge in [-0.05, 0) is 67.3 Å². The van der Waals surface area contributed by atoms with Crippen LogP contribution in [0.15, 0.2) is 77.3 Å². The molecule has 10 heteroatoms. The Morgan fingerprint density at radius 1 is 1.00 bits per heavy atom. The second-order valence-electron chi connectivity index (χ2n) is 9.87. The molecule has 0 heterocycles. The van der Waals surface area contributed by atoms with E-state index in [4.69, 9.17) is 0 Å². The molecule has 3 aromatic carbocycles. The molecule has 0 saturated heterocycles. The molecule has 214 valence electrons. The highest BCUT2D eigenvalue weighted by molar-refractivity contribution is 9.10. The number of hydrogen-bond donors (Lipinski definition) is 1. The highest BCUT2D eigenvalue weighted by atomic mass is 79.9. The Morgan fingerprint density at radius 3 is 2.23 bits per heavy atom. The number of anilines is 1. The Labute approximate surface area is 244 Å². The summed E-state index contributed by atoms with van der Waals surface area (Å²) in [5.74, 6) is -1.33. The first-order valence-electron chi connectivity index (χ1n) is 13.0. The maximum Gasteiger partial charge on any atom is 0.244 e. The van der Waals surface area contributed by atoms with Crippen molar-refractivity contribution in [3.63, 3.8) is 0 Å². The maximum atomic E-state index is 14.0. The zero-order chi connectivity index (χ0) is 29.4. The number of sulfonamides is 1. The second-order valence-corrected chi connectivity index (χ2v) is 12.6. The van der Waals surface area contributed by atoms with Crippen molar-refractivity contribution >= 4 is 43.5 Å². The van der Waals surface area contributed by atoms with Crippen molar-refractivity contribution < 1.29 is 22.4 Å². The quantitative estimate of drug-likeness (QED) is 0.297. The van der Waals surface area contributed by atoms with Gasteiger partial charge in [0.15, 0.2) is 0 Å². The molecule has 0 aliphatic rings. The molecule has 0 aromatic heterocycles. The van der Waals surface area contributed by atoms with Crippen LogP contribution in [0.4, 0.5) is 10.1 Å². The molecule has 7 nitrogen and oxygen atoms in total. The molecule has 2 atom stereocenters. The van der Waals surface area contributed by atoms with Crippen LogP contribution in [0, 0.1) is 12.7 Å². The molecular weight excluding hydrogens is 597 g/mol. The molecule has 0 saturated carbocycles. The summed E-state index contributed by atoms with van der Waals surface area (Å²) in [5, 5.41) is 2.98. The molecule has 3 rings (SSSR count). The van der Waals surface area contributed by atoms with E-state index in [1.54, 1.807) is 30.3 Å². The lowest BCUT2D eigenvalue weighted by molar-refractivity contribution is -0.140. The largest absolute Gasteiger partial charge is 0.352 e. The first kappa shape index (κ1) is 31.3. The number of hydrogen-bond acceptors (Lipinski definition) is 4. The van der Waals surface area contributed by atoms with Crippen LogP contribution in [0.3, 0.4) is 0 Å². The maximum absolute atomic E-state index is 14.0. The lowest BCUT2D eigenvalue weighted by Crippen LogP contribution is -2.54. The van der Waals surface area contributed by atoms with Crippen LogP contribution < -0.4 is 9.62 Å². The van der Waals surface area contributed by atoms with E-state index in [2.05, 4.69) is 21.2 Å². The van der Waals surface area contributed by atoms with Gasteiger partial charge in [-0.15, -0.1) is 0 Å². The summed E-state index contributed by atoms with van der Waals surface area (Å²) in [5.41, 5.74) is 2.58. The van der Waals surface area contributed by atoms with E-state index in [0.717, 1.165) is 26.2 Å². The zero-order valence-electron chi connectivity index (χ0n) is 23.1. The molecule has 0 bridgehead atoms. The predicted octanol–water partition coefficient (Wildman–Crippen LogP) is 5.22. The van der Waals surface area contributed by atoms with Crippen molar-refractivity contribution in [2.45, 2.75) is 52.2 Å². The minimum Gasteiger partial charge on any atom is -0.352 e. The first-order valence-corrected chi connectivity index (χ1v) is 15.6. The summed E-state index contributed by atoms with van der Waals surface area (Å²) in [4.78, 5) is 29.1. The highest BCUT2D eigenvalue weighted by Gasteiger charge is 2.33. The van der Waals surface area contributed by atoms with Gasteiger partial charge in [0, 0.05) is 23.5 Å². The smallest absolute Gasteiger partial charge is 0.244 e. The number of aryl methyl sites for hydroxylation is 1. The molecule has 3 aromatic rings. The SMILES string of the molecule is CC[C@@H](C)NC(=O)[C@H](Cc1ccccc1)N(Cc1ccc(F)cc1)C(=O)CN(c1ccc(Br)c(C)c1)S(C)(=O)=O. The Morgan fingerprint density at radius 2 is 1.65 bits per heavy atom. The fraction of sp³-hybridized carbons (Fsp3) is 0.333. The molecular formula is C30H35BrFN3O4S. The molecule has 1 N–H and O–H groups in total. The van der Waals surface area contributed by atoms with Crippen molar-refractivity contribution in [3.05, 3.63) is 99.8 Å². The molecule has 0 unspecified atom stereocenters. The first-order chi connectivity index (χ1) is 18.9. The Hall–Kier alpha value is -3.24. The molecule has 40 heavy (non-hydrogen) atoms. The summed E-state index contributed by atoms with van der Waals surface area (Å²) in [6, 6.07) is 18.9. The van der Waals surface area contributed by atoms with Gasteiger partial charge < -0.3 is 10.2 Å². The van der Waals surface area contributed by atoms with E-state index in [1.165, 1.54) is 17.0 Å². The van der Waals surface area contributed by atoms with Gasteiger partial charge in [0.2, 0.25) is 21.8 Å². The Kier molecular flexibility index (Phi) is 10.9. The fourth-order valence-corrected chi connectivity index (χ4v) is 5.27. The average Bonchev–Trinajstić information content (AvgIpc) is 2.91. The summed E-state index contributed by atoms with van der Waals surface area (Å²) in [6.45, 7) is 5.13.